The SMILES string of the molecule is CCc1cc(Cl)cc(N2C(=O)N(C)[C@]3(CNC[C@@H]3c3ccc(C#N)cc3)C2=O)c1. The molecule has 0 aromatic heterocycles. The number of benzene rings is 2. The molecule has 29 heavy (non-hydrogen) atoms. The van der Waals surface area contributed by atoms with E-state index in [-0.39, 0.29) is 17.9 Å². The van der Waals surface area contributed by atoms with Gasteiger partial charge in [-0.1, -0.05) is 30.7 Å². The van der Waals surface area contributed by atoms with Gasteiger partial charge in [0, 0.05) is 31.1 Å². The first kappa shape index (κ1) is 19.4. The highest BCUT2D eigenvalue weighted by Gasteiger charge is 2.62. The van der Waals surface area contributed by atoms with E-state index in [0.717, 1.165) is 17.5 Å². The first-order valence-electron chi connectivity index (χ1n) is 9.55. The minimum absolute atomic E-state index is 0.216. The van der Waals surface area contributed by atoms with E-state index in [1.807, 2.05) is 31.2 Å². The van der Waals surface area contributed by atoms with Crippen molar-refractivity contribution >= 4 is 29.2 Å². The minimum Gasteiger partial charge on any atom is -0.313 e. The predicted molar refractivity (Wildman–Crippen MR) is 111 cm³/mol. The number of anilines is 1. The molecule has 0 unspecified atom stereocenters. The van der Waals surface area contributed by atoms with E-state index in [1.54, 1.807) is 30.1 Å². The summed E-state index contributed by atoms with van der Waals surface area (Å²) in [5.41, 5.74) is 1.93. The Kier molecular flexibility index (Phi) is 4.81. The van der Waals surface area contributed by atoms with Crippen LogP contribution in [0.1, 0.15) is 29.5 Å². The number of amides is 3. The van der Waals surface area contributed by atoms with Gasteiger partial charge in [0.1, 0.15) is 5.54 Å². The number of hydrogen-bond acceptors (Lipinski definition) is 4. The molecule has 2 saturated heterocycles. The lowest BCUT2D eigenvalue weighted by atomic mass is 9.80. The average Bonchev–Trinajstić information content (AvgIpc) is 3.25. The zero-order valence-electron chi connectivity index (χ0n) is 16.3. The van der Waals surface area contributed by atoms with E-state index in [0.29, 0.717) is 29.4 Å². The smallest absolute Gasteiger partial charge is 0.313 e. The van der Waals surface area contributed by atoms with E-state index in [2.05, 4.69) is 11.4 Å². The highest BCUT2D eigenvalue weighted by Crippen LogP contribution is 2.43. The van der Waals surface area contributed by atoms with Crippen molar-refractivity contribution in [3.63, 3.8) is 0 Å². The number of rotatable bonds is 3. The molecule has 4 rings (SSSR count). The molecule has 2 heterocycles. The maximum absolute atomic E-state index is 13.7. The summed E-state index contributed by atoms with van der Waals surface area (Å²) in [6, 6.07) is 14.3. The molecule has 2 atom stereocenters. The molecule has 148 valence electrons. The Labute approximate surface area is 174 Å². The van der Waals surface area contributed by atoms with Gasteiger partial charge in [0.25, 0.3) is 5.91 Å². The largest absolute Gasteiger partial charge is 0.332 e. The number of carbonyl (C=O) groups is 2. The molecule has 7 heteroatoms. The molecule has 6 nitrogen and oxygen atoms in total. The summed E-state index contributed by atoms with van der Waals surface area (Å²) in [7, 11) is 1.68. The van der Waals surface area contributed by atoms with Crippen LogP contribution in [0.25, 0.3) is 0 Å². The number of imide groups is 1. The van der Waals surface area contributed by atoms with Gasteiger partial charge >= 0.3 is 6.03 Å². The van der Waals surface area contributed by atoms with Crippen molar-refractivity contribution in [2.24, 2.45) is 0 Å². The maximum Gasteiger partial charge on any atom is 0.332 e. The quantitative estimate of drug-likeness (QED) is 0.790. The average molecular weight is 409 g/mol. The number of nitrogens with zero attached hydrogens (tertiary/aromatic N) is 3. The molecular formula is C22H21ClN4O2. The van der Waals surface area contributed by atoms with Crippen LogP contribution >= 0.6 is 11.6 Å². The van der Waals surface area contributed by atoms with E-state index in [1.165, 1.54) is 4.90 Å². The molecule has 0 aliphatic carbocycles. The third kappa shape index (κ3) is 2.89. The van der Waals surface area contributed by atoms with Crippen molar-refractivity contribution in [1.29, 1.82) is 5.26 Å². The second kappa shape index (κ2) is 7.18. The number of likely N-dealkylation sites (N-methyl/N-ethyl adjacent to an activating group) is 1. The van der Waals surface area contributed by atoms with E-state index >= 15 is 0 Å². The van der Waals surface area contributed by atoms with Gasteiger partial charge in [-0.3, -0.25) is 4.79 Å². The number of aryl methyl sites for hydroxylation is 1. The molecule has 2 aliphatic heterocycles. The Hall–Kier alpha value is -2.88. The second-order valence-corrected chi connectivity index (χ2v) is 7.93. The van der Waals surface area contributed by atoms with E-state index in [9.17, 15) is 9.59 Å². The van der Waals surface area contributed by atoms with E-state index in [4.69, 9.17) is 16.9 Å². The molecule has 3 amide bonds. The van der Waals surface area contributed by atoms with E-state index < -0.39 is 5.54 Å². The monoisotopic (exact) mass is 408 g/mol. The third-order valence-corrected chi connectivity index (χ3v) is 6.24. The van der Waals surface area contributed by atoms with Crippen molar-refractivity contribution < 1.29 is 9.59 Å². The number of carbonyl (C=O) groups excluding carboxylic acids is 2. The Morgan fingerprint density at radius 2 is 1.97 bits per heavy atom. The highest BCUT2D eigenvalue weighted by molar-refractivity contribution is 6.31. The topological polar surface area (TPSA) is 76.4 Å². The van der Waals surface area contributed by atoms with Gasteiger partial charge in [0.05, 0.1) is 17.3 Å². The first-order valence-corrected chi connectivity index (χ1v) is 9.92. The summed E-state index contributed by atoms with van der Waals surface area (Å²) in [5.74, 6) is -0.472. The molecule has 1 spiro atoms. The standard InChI is InChI=1S/C22H21ClN4O2/c1-3-14-8-17(23)10-18(9-14)27-20(28)22(26(2)21(27)29)13-25-12-19(22)16-6-4-15(11-24)5-7-16/h4-10,19,25H,3,12-13H2,1-2H3/t19-,22+/m1/s1. The van der Waals surface area contributed by atoms with Crippen LogP contribution in [0.4, 0.5) is 10.5 Å². The maximum atomic E-state index is 13.7. The Bertz CT molecular complexity index is 1030. The van der Waals surface area contributed by atoms with Crippen LogP contribution in [0.15, 0.2) is 42.5 Å². The summed E-state index contributed by atoms with van der Waals surface area (Å²) < 4.78 is 0. The van der Waals surface area contributed by atoms with Gasteiger partial charge in [-0.2, -0.15) is 5.26 Å². The molecular weight excluding hydrogens is 388 g/mol. The zero-order chi connectivity index (χ0) is 20.8. The van der Waals surface area contributed by atoms with Crippen molar-refractivity contribution in [1.82, 2.24) is 10.2 Å². The van der Waals surface area contributed by atoms with Crippen LogP contribution in [-0.4, -0.2) is 42.5 Å². The predicted octanol–water partition coefficient (Wildman–Crippen LogP) is 3.30. The number of urea groups is 1. The minimum atomic E-state index is -1.01. The summed E-state index contributed by atoms with van der Waals surface area (Å²) in [6.07, 6.45) is 0.750. The van der Waals surface area contributed by atoms with Gasteiger partial charge in [-0.05, 0) is 47.9 Å². The fourth-order valence-electron chi connectivity index (χ4n) is 4.40. The Morgan fingerprint density at radius 3 is 2.62 bits per heavy atom. The van der Waals surface area contributed by atoms with Gasteiger partial charge in [0.15, 0.2) is 0 Å². The lowest BCUT2D eigenvalue weighted by Crippen LogP contribution is -2.53. The summed E-state index contributed by atoms with van der Waals surface area (Å²) >= 11 is 6.24. The third-order valence-electron chi connectivity index (χ3n) is 6.02. The summed E-state index contributed by atoms with van der Waals surface area (Å²) in [4.78, 5) is 29.7. The molecule has 2 fully saturated rings. The van der Waals surface area contributed by atoms with Crippen molar-refractivity contribution in [2.75, 3.05) is 25.0 Å². The Morgan fingerprint density at radius 1 is 1.24 bits per heavy atom. The van der Waals surface area contributed by atoms with Crippen LogP contribution in [0, 0.1) is 11.3 Å². The molecule has 1 N–H and O–H groups in total. The molecule has 2 aromatic carbocycles. The normalized spacial score (nSPS) is 23.9. The van der Waals surface area contributed by atoms with Gasteiger partial charge in [0.2, 0.25) is 0 Å². The molecule has 0 bridgehead atoms. The molecule has 2 aromatic rings. The van der Waals surface area contributed by atoms with Crippen LogP contribution < -0.4 is 10.2 Å². The summed E-state index contributed by atoms with van der Waals surface area (Å²) in [6.45, 7) is 2.94. The lowest BCUT2D eigenvalue weighted by Gasteiger charge is -2.33. The fraction of sp³-hybridized carbons (Fsp3) is 0.318. The van der Waals surface area contributed by atoms with Crippen molar-refractivity contribution in [3.05, 3.63) is 64.2 Å². The highest BCUT2D eigenvalue weighted by atomic mass is 35.5. The van der Waals surface area contributed by atoms with Crippen molar-refractivity contribution in [2.45, 2.75) is 24.8 Å². The van der Waals surface area contributed by atoms with Gasteiger partial charge < -0.3 is 10.2 Å². The van der Waals surface area contributed by atoms with Gasteiger partial charge in [-0.15, -0.1) is 0 Å². The number of nitrogens with one attached hydrogen (secondary N) is 1. The van der Waals surface area contributed by atoms with Gasteiger partial charge in [-0.25, -0.2) is 9.69 Å². The van der Waals surface area contributed by atoms with Crippen molar-refractivity contribution in [3.8, 4) is 6.07 Å². The lowest BCUT2D eigenvalue weighted by molar-refractivity contribution is -0.124. The molecule has 0 radical (unpaired) electrons. The number of nitriles is 1. The second-order valence-electron chi connectivity index (χ2n) is 7.49. The van der Waals surface area contributed by atoms with Crippen LogP contribution in [0.5, 0.6) is 0 Å². The zero-order valence-corrected chi connectivity index (χ0v) is 17.0. The van der Waals surface area contributed by atoms with Crippen LogP contribution in [0.2, 0.25) is 5.02 Å². The summed E-state index contributed by atoms with van der Waals surface area (Å²) in [5, 5.41) is 12.8. The van der Waals surface area contributed by atoms with Crippen LogP contribution in [-0.2, 0) is 11.2 Å². The number of halogens is 1. The fourth-order valence-corrected chi connectivity index (χ4v) is 4.65. The number of hydrogen-bond donors (Lipinski definition) is 1. The molecule has 2 aliphatic rings. The molecule has 0 saturated carbocycles. The Balaban J connectivity index is 1.78. The first-order chi connectivity index (χ1) is 13.9. The van der Waals surface area contributed by atoms with Crippen LogP contribution in [0.3, 0.4) is 0 Å².